The van der Waals surface area contributed by atoms with Gasteiger partial charge in [0.15, 0.2) is 0 Å². The second-order valence-electron chi connectivity index (χ2n) is 2.96. The summed E-state index contributed by atoms with van der Waals surface area (Å²) in [5.41, 5.74) is 4.15. The third-order valence-corrected chi connectivity index (χ3v) is 1.86. The SMILES string of the molecule is COc1c([N+](=O)[O-])cnc(CN)c1OC(F)(F)F. The topological polar surface area (TPSA) is 101 Å². The average molecular weight is 267 g/mol. The van der Waals surface area contributed by atoms with Gasteiger partial charge in [-0.1, -0.05) is 0 Å². The van der Waals surface area contributed by atoms with Crippen LogP contribution in [0, 0.1) is 10.1 Å². The zero-order valence-electron chi connectivity index (χ0n) is 9.02. The summed E-state index contributed by atoms with van der Waals surface area (Å²) in [5.74, 6) is -1.57. The summed E-state index contributed by atoms with van der Waals surface area (Å²) in [6, 6.07) is 0. The van der Waals surface area contributed by atoms with E-state index in [0.717, 1.165) is 13.3 Å². The smallest absolute Gasteiger partial charge is 0.487 e. The van der Waals surface area contributed by atoms with Gasteiger partial charge in [-0.05, 0) is 0 Å². The summed E-state index contributed by atoms with van der Waals surface area (Å²) in [5, 5.41) is 10.6. The number of ether oxygens (including phenoxy) is 2. The number of pyridine rings is 1. The van der Waals surface area contributed by atoms with Crippen molar-refractivity contribution in [2.24, 2.45) is 5.73 Å². The van der Waals surface area contributed by atoms with Crippen molar-refractivity contribution < 1.29 is 27.6 Å². The van der Waals surface area contributed by atoms with Gasteiger partial charge in [-0.25, -0.2) is 4.98 Å². The molecular formula is C8H8F3N3O4. The lowest BCUT2D eigenvalue weighted by molar-refractivity contribution is -0.386. The van der Waals surface area contributed by atoms with Gasteiger partial charge in [-0.15, -0.1) is 13.2 Å². The molecule has 0 atom stereocenters. The molecule has 1 heterocycles. The Morgan fingerprint density at radius 2 is 2.11 bits per heavy atom. The molecule has 0 aliphatic heterocycles. The highest BCUT2D eigenvalue weighted by atomic mass is 19.4. The van der Waals surface area contributed by atoms with Crippen molar-refractivity contribution in [3.63, 3.8) is 0 Å². The number of hydrogen-bond acceptors (Lipinski definition) is 6. The first kappa shape index (κ1) is 14.0. The van der Waals surface area contributed by atoms with Crippen molar-refractivity contribution in [1.29, 1.82) is 0 Å². The summed E-state index contributed by atoms with van der Waals surface area (Å²) in [7, 11) is 0.978. The molecule has 0 aromatic carbocycles. The average Bonchev–Trinajstić information content (AvgIpc) is 2.26. The van der Waals surface area contributed by atoms with E-state index in [1.54, 1.807) is 0 Å². The third kappa shape index (κ3) is 2.97. The minimum atomic E-state index is -5.03. The largest absolute Gasteiger partial charge is 0.573 e. The van der Waals surface area contributed by atoms with Crippen LogP contribution in [-0.4, -0.2) is 23.4 Å². The summed E-state index contributed by atoms with van der Waals surface area (Å²) < 4.78 is 44.8. The predicted molar refractivity (Wildman–Crippen MR) is 52.0 cm³/mol. The van der Waals surface area contributed by atoms with Crippen LogP contribution in [0.15, 0.2) is 6.20 Å². The Morgan fingerprint density at radius 1 is 1.50 bits per heavy atom. The summed E-state index contributed by atoms with van der Waals surface area (Å²) in [6.45, 7) is -0.389. The van der Waals surface area contributed by atoms with E-state index in [9.17, 15) is 23.3 Å². The number of halogens is 3. The van der Waals surface area contributed by atoms with Crippen LogP contribution >= 0.6 is 0 Å². The van der Waals surface area contributed by atoms with E-state index in [4.69, 9.17) is 5.73 Å². The number of methoxy groups -OCH3 is 1. The fourth-order valence-corrected chi connectivity index (χ4v) is 1.20. The molecular weight excluding hydrogens is 259 g/mol. The van der Waals surface area contributed by atoms with E-state index < -0.39 is 28.5 Å². The molecule has 18 heavy (non-hydrogen) atoms. The Kier molecular flexibility index (Phi) is 3.91. The van der Waals surface area contributed by atoms with Crippen LogP contribution in [0.3, 0.4) is 0 Å². The molecule has 0 saturated heterocycles. The van der Waals surface area contributed by atoms with Gasteiger partial charge < -0.3 is 15.2 Å². The molecule has 0 bridgehead atoms. The molecule has 100 valence electrons. The summed E-state index contributed by atoms with van der Waals surface area (Å²) >= 11 is 0. The Balaban J connectivity index is 3.41. The molecule has 0 aliphatic rings. The molecule has 0 unspecified atom stereocenters. The number of aromatic nitrogens is 1. The molecule has 7 nitrogen and oxygen atoms in total. The van der Waals surface area contributed by atoms with Crippen LogP contribution < -0.4 is 15.2 Å². The van der Waals surface area contributed by atoms with Gasteiger partial charge in [0, 0.05) is 6.54 Å². The summed E-state index contributed by atoms with van der Waals surface area (Å²) in [4.78, 5) is 13.1. The van der Waals surface area contributed by atoms with Crippen LogP contribution in [0.5, 0.6) is 11.5 Å². The molecule has 2 N–H and O–H groups in total. The molecule has 0 spiro atoms. The molecule has 1 aromatic rings. The molecule has 1 rings (SSSR count). The fraction of sp³-hybridized carbons (Fsp3) is 0.375. The number of nitrogens with zero attached hydrogens (tertiary/aromatic N) is 2. The van der Waals surface area contributed by atoms with Gasteiger partial charge in [0.05, 0.1) is 12.0 Å². The number of rotatable bonds is 4. The van der Waals surface area contributed by atoms with E-state index in [-0.39, 0.29) is 12.2 Å². The van der Waals surface area contributed by atoms with Gasteiger partial charge in [-0.2, -0.15) is 0 Å². The maximum Gasteiger partial charge on any atom is 0.573 e. The van der Waals surface area contributed by atoms with Crippen LogP contribution in [0.2, 0.25) is 0 Å². The van der Waals surface area contributed by atoms with Crippen LogP contribution in [0.1, 0.15) is 5.69 Å². The molecule has 0 aliphatic carbocycles. The second kappa shape index (κ2) is 5.04. The first-order valence-electron chi connectivity index (χ1n) is 4.46. The fourth-order valence-electron chi connectivity index (χ4n) is 1.20. The number of nitrogens with two attached hydrogens (primary N) is 1. The summed E-state index contributed by atoms with van der Waals surface area (Å²) in [6.07, 6.45) is -4.28. The minimum Gasteiger partial charge on any atom is -0.487 e. The third-order valence-electron chi connectivity index (χ3n) is 1.86. The van der Waals surface area contributed by atoms with Gasteiger partial charge in [0.2, 0.25) is 11.5 Å². The van der Waals surface area contributed by atoms with Gasteiger partial charge in [0.25, 0.3) is 0 Å². The van der Waals surface area contributed by atoms with Crippen molar-refractivity contribution in [3.8, 4) is 11.5 Å². The van der Waals surface area contributed by atoms with Crippen LogP contribution in [0.25, 0.3) is 0 Å². The minimum absolute atomic E-state index is 0.297. The van der Waals surface area contributed by atoms with E-state index in [2.05, 4.69) is 14.5 Å². The number of hydrogen-bond donors (Lipinski definition) is 1. The standard InChI is InChI=1S/C8H8F3N3O4/c1-17-7-5(14(15)16)3-13-4(2-12)6(7)18-8(9,10)11/h3H,2,12H2,1H3. The maximum absolute atomic E-state index is 12.2. The normalized spacial score (nSPS) is 11.2. The van der Waals surface area contributed by atoms with Gasteiger partial charge in [0.1, 0.15) is 11.9 Å². The highest BCUT2D eigenvalue weighted by Crippen LogP contribution is 2.40. The zero-order valence-corrected chi connectivity index (χ0v) is 9.02. The Morgan fingerprint density at radius 3 is 2.50 bits per heavy atom. The molecule has 0 amide bonds. The maximum atomic E-state index is 12.2. The van der Waals surface area contributed by atoms with Gasteiger partial charge in [-0.3, -0.25) is 10.1 Å². The van der Waals surface area contributed by atoms with E-state index in [0.29, 0.717) is 0 Å². The predicted octanol–water partition coefficient (Wildman–Crippen LogP) is 1.36. The lowest BCUT2D eigenvalue weighted by Crippen LogP contribution is -2.20. The quantitative estimate of drug-likeness (QED) is 0.652. The Hall–Kier alpha value is -2.10. The molecule has 0 fully saturated rings. The first-order valence-corrected chi connectivity index (χ1v) is 4.46. The lowest BCUT2D eigenvalue weighted by Gasteiger charge is -2.14. The van der Waals surface area contributed by atoms with Gasteiger partial charge >= 0.3 is 12.0 Å². The van der Waals surface area contributed by atoms with Crippen molar-refractivity contribution in [2.75, 3.05) is 7.11 Å². The van der Waals surface area contributed by atoms with Crippen molar-refractivity contribution in [2.45, 2.75) is 12.9 Å². The molecule has 0 radical (unpaired) electrons. The highest BCUT2D eigenvalue weighted by Gasteiger charge is 2.36. The van der Waals surface area contributed by atoms with Crippen molar-refractivity contribution >= 4 is 5.69 Å². The Bertz CT molecular complexity index is 464. The molecule has 10 heteroatoms. The second-order valence-corrected chi connectivity index (χ2v) is 2.96. The number of nitro groups is 1. The van der Waals surface area contributed by atoms with E-state index in [1.165, 1.54) is 0 Å². The Labute approximate surface area is 98.5 Å². The molecule has 0 saturated carbocycles. The molecule has 1 aromatic heterocycles. The monoisotopic (exact) mass is 267 g/mol. The zero-order chi connectivity index (χ0) is 13.9. The van der Waals surface area contributed by atoms with Crippen molar-refractivity contribution in [1.82, 2.24) is 4.98 Å². The number of alkyl halides is 3. The first-order chi connectivity index (χ1) is 8.30. The lowest BCUT2D eigenvalue weighted by atomic mass is 10.2. The van der Waals surface area contributed by atoms with E-state index >= 15 is 0 Å². The van der Waals surface area contributed by atoms with Crippen LogP contribution in [-0.2, 0) is 6.54 Å². The van der Waals surface area contributed by atoms with Crippen molar-refractivity contribution in [3.05, 3.63) is 22.0 Å². The van der Waals surface area contributed by atoms with E-state index in [1.807, 2.05) is 0 Å². The van der Waals surface area contributed by atoms with Crippen LogP contribution in [0.4, 0.5) is 18.9 Å². The highest BCUT2D eigenvalue weighted by molar-refractivity contribution is 5.56.